The minimum absolute atomic E-state index is 0.00130. The average Bonchev–Trinajstić information content (AvgIpc) is 3.16. The summed E-state index contributed by atoms with van der Waals surface area (Å²) in [5.41, 5.74) is 2.46. The molecule has 0 aromatic heterocycles. The van der Waals surface area contributed by atoms with Gasteiger partial charge in [-0.1, -0.05) is 44.5 Å². The summed E-state index contributed by atoms with van der Waals surface area (Å²) in [6.07, 6.45) is 1.98. The number of hydrogen-bond acceptors (Lipinski definition) is 4. The van der Waals surface area contributed by atoms with Crippen LogP contribution >= 0.6 is 11.6 Å². The van der Waals surface area contributed by atoms with Crippen molar-refractivity contribution in [1.29, 1.82) is 0 Å². The Labute approximate surface area is 169 Å². The molecule has 1 aliphatic heterocycles. The number of amides is 1. The topological polar surface area (TPSA) is 75.5 Å². The number of halogens is 1. The highest BCUT2D eigenvalue weighted by atomic mass is 35.5. The van der Waals surface area contributed by atoms with Crippen molar-refractivity contribution in [1.82, 2.24) is 0 Å². The average molecular weight is 402 g/mol. The van der Waals surface area contributed by atoms with Gasteiger partial charge in [0.1, 0.15) is 5.69 Å². The molecule has 0 radical (unpaired) electrons. The molecule has 1 saturated heterocycles. The number of carbonyl (C=O) groups is 1. The zero-order valence-corrected chi connectivity index (χ0v) is 17.0. The fourth-order valence-electron chi connectivity index (χ4n) is 3.32. The van der Waals surface area contributed by atoms with E-state index >= 15 is 0 Å². The second-order valence-corrected chi connectivity index (χ2v) is 8.46. The first kappa shape index (κ1) is 20.1. The van der Waals surface area contributed by atoms with Crippen LogP contribution in [0.3, 0.4) is 0 Å². The summed E-state index contributed by atoms with van der Waals surface area (Å²) >= 11 is 6.23. The molecule has 1 amide bonds. The van der Waals surface area contributed by atoms with Gasteiger partial charge in [-0.15, -0.1) is 0 Å². The Kier molecular flexibility index (Phi) is 5.61. The summed E-state index contributed by atoms with van der Waals surface area (Å²) < 4.78 is 0. The van der Waals surface area contributed by atoms with E-state index < -0.39 is 4.92 Å². The zero-order chi connectivity index (χ0) is 20.5. The Morgan fingerprint density at radius 1 is 1.14 bits per heavy atom. The van der Waals surface area contributed by atoms with Gasteiger partial charge in [-0.25, -0.2) is 0 Å². The summed E-state index contributed by atoms with van der Waals surface area (Å²) in [5.74, 6) is -0.302. The minimum atomic E-state index is -0.434. The van der Waals surface area contributed by atoms with Crippen molar-refractivity contribution in [3.05, 3.63) is 62.7 Å². The lowest BCUT2D eigenvalue weighted by molar-refractivity contribution is -0.384. The largest absolute Gasteiger partial charge is 0.366 e. The molecule has 0 bridgehead atoms. The van der Waals surface area contributed by atoms with Gasteiger partial charge >= 0.3 is 0 Å². The molecule has 0 spiro atoms. The van der Waals surface area contributed by atoms with Gasteiger partial charge in [0.05, 0.1) is 15.6 Å². The highest BCUT2D eigenvalue weighted by molar-refractivity contribution is 6.34. The number of hydrogen-bond donors (Lipinski definition) is 1. The van der Waals surface area contributed by atoms with E-state index in [1.54, 1.807) is 18.2 Å². The van der Waals surface area contributed by atoms with Crippen molar-refractivity contribution >= 4 is 34.6 Å². The maximum absolute atomic E-state index is 12.7. The Bertz CT molecular complexity index is 898. The molecule has 2 aromatic rings. The van der Waals surface area contributed by atoms with E-state index in [1.807, 2.05) is 17.0 Å². The predicted molar refractivity (Wildman–Crippen MR) is 113 cm³/mol. The van der Waals surface area contributed by atoms with Gasteiger partial charge in [-0.05, 0) is 42.0 Å². The quantitative estimate of drug-likeness (QED) is 0.549. The van der Waals surface area contributed by atoms with Crippen molar-refractivity contribution in [3.63, 3.8) is 0 Å². The molecule has 7 heteroatoms. The molecule has 6 nitrogen and oxygen atoms in total. The monoisotopic (exact) mass is 401 g/mol. The highest BCUT2D eigenvalue weighted by Gasteiger charge is 2.25. The van der Waals surface area contributed by atoms with Crippen LogP contribution in [0, 0.1) is 10.1 Å². The van der Waals surface area contributed by atoms with Crippen molar-refractivity contribution in [2.24, 2.45) is 0 Å². The maximum Gasteiger partial charge on any atom is 0.294 e. The molecule has 0 aliphatic carbocycles. The van der Waals surface area contributed by atoms with Crippen LogP contribution in [0.1, 0.15) is 49.5 Å². The van der Waals surface area contributed by atoms with Crippen LogP contribution in [0.2, 0.25) is 5.02 Å². The summed E-state index contributed by atoms with van der Waals surface area (Å²) in [7, 11) is 0. The summed E-state index contributed by atoms with van der Waals surface area (Å²) in [6, 6.07) is 10.3. The third-order valence-corrected chi connectivity index (χ3v) is 5.28. The van der Waals surface area contributed by atoms with Gasteiger partial charge in [0.15, 0.2) is 0 Å². The molecule has 0 atom stereocenters. The molecule has 1 aliphatic rings. The Morgan fingerprint density at radius 2 is 1.75 bits per heavy atom. The van der Waals surface area contributed by atoms with Gasteiger partial charge in [-0.3, -0.25) is 14.9 Å². The van der Waals surface area contributed by atoms with Gasteiger partial charge < -0.3 is 10.2 Å². The van der Waals surface area contributed by atoms with E-state index in [4.69, 9.17) is 11.6 Å². The van der Waals surface area contributed by atoms with E-state index in [1.165, 1.54) is 6.07 Å². The first-order valence-electron chi connectivity index (χ1n) is 9.31. The van der Waals surface area contributed by atoms with Gasteiger partial charge in [0.2, 0.25) is 0 Å². The number of anilines is 2. The van der Waals surface area contributed by atoms with Gasteiger partial charge in [0, 0.05) is 24.7 Å². The summed E-state index contributed by atoms with van der Waals surface area (Å²) in [5, 5.41) is 14.4. The van der Waals surface area contributed by atoms with E-state index in [9.17, 15) is 14.9 Å². The summed E-state index contributed by atoms with van der Waals surface area (Å²) in [6.45, 7) is 7.84. The predicted octanol–water partition coefficient (Wildman–Crippen LogP) is 5.40. The van der Waals surface area contributed by atoms with E-state index in [0.29, 0.717) is 16.9 Å². The molecule has 2 aromatic carbocycles. The van der Waals surface area contributed by atoms with Crippen LogP contribution in [-0.2, 0) is 5.41 Å². The number of carbonyl (C=O) groups excluding carboxylic acids is 1. The molecular formula is C21H24ClN3O3. The lowest BCUT2D eigenvalue weighted by Crippen LogP contribution is -2.20. The molecule has 0 saturated carbocycles. The Balaban J connectivity index is 1.88. The number of nitrogens with zero attached hydrogens (tertiary/aromatic N) is 2. The first-order valence-corrected chi connectivity index (χ1v) is 9.69. The van der Waals surface area contributed by atoms with Crippen LogP contribution in [0.25, 0.3) is 0 Å². The molecule has 1 N–H and O–H groups in total. The number of rotatable bonds is 4. The molecular weight excluding hydrogens is 378 g/mol. The fraction of sp³-hybridized carbons (Fsp3) is 0.381. The van der Waals surface area contributed by atoms with E-state index in [0.717, 1.165) is 31.5 Å². The standard InChI is InChI=1S/C21H24ClN3O3/c1-21(2,3)15-8-6-14(7-9-15)20(26)23-17-13-18(24-10-4-5-11-24)19(25(27)28)12-16(17)22/h6-9,12-13H,4-5,10-11H2,1-3H3,(H,23,26). The Hall–Kier alpha value is -2.60. The zero-order valence-electron chi connectivity index (χ0n) is 16.3. The van der Waals surface area contributed by atoms with Crippen LogP contribution in [0.4, 0.5) is 17.1 Å². The van der Waals surface area contributed by atoms with Crippen molar-refractivity contribution in [2.45, 2.75) is 39.0 Å². The third kappa shape index (κ3) is 4.28. The molecule has 0 unspecified atom stereocenters. The molecule has 28 heavy (non-hydrogen) atoms. The first-order chi connectivity index (χ1) is 13.2. The second kappa shape index (κ2) is 7.80. The number of nitro groups is 1. The lowest BCUT2D eigenvalue weighted by Gasteiger charge is -2.20. The van der Waals surface area contributed by atoms with Crippen LogP contribution in [0.5, 0.6) is 0 Å². The second-order valence-electron chi connectivity index (χ2n) is 8.05. The molecule has 3 rings (SSSR count). The minimum Gasteiger partial charge on any atom is -0.366 e. The van der Waals surface area contributed by atoms with E-state index in [-0.39, 0.29) is 22.0 Å². The number of nitrogens with one attached hydrogen (secondary N) is 1. The van der Waals surface area contributed by atoms with Crippen molar-refractivity contribution < 1.29 is 9.72 Å². The fourth-order valence-corrected chi connectivity index (χ4v) is 3.53. The van der Waals surface area contributed by atoms with Crippen LogP contribution in [0.15, 0.2) is 36.4 Å². The normalized spacial score (nSPS) is 14.2. The molecule has 1 heterocycles. The van der Waals surface area contributed by atoms with Crippen molar-refractivity contribution in [2.75, 3.05) is 23.3 Å². The molecule has 1 fully saturated rings. The van der Waals surface area contributed by atoms with Crippen LogP contribution in [-0.4, -0.2) is 23.9 Å². The highest BCUT2D eigenvalue weighted by Crippen LogP contribution is 2.38. The maximum atomic E-state index is 12.7. The van der Waals surface area contributed by atoms with E-state index in [2.05, 4.69) is 26.1 Å². The Morgan fingerprint density at radius 3 is 2.29 bits per heavy atom. The lowest BCUT2D eigenvalue weighted by atomic mass is 9.87. The summed E-state index contributed by atoms with van der Waals surface area (Å²) in [4.78, 5) is 25.6. The number of nitro benzene ring substituents is 1. The van der Waals surface area contributed by atoms with Gasteiger partial charge in [0.25, 0.3) is 11.6 Å². The number of benzene rings is 2. The third-order valence-electron chi connectivity index (χ3n) is 4.97. The smallest absolute Gasteiger partial charge is 0.294 e. The molecule has 148 valence electrons. The van der Waals surface area contributed by atoms with Gasteiger partial charge in [-0.2, -0.15) is 0 Å². The van der Waals surface area contributed by atoms with Crippen LogP contribution < -0.4 is 10.2 Å². The SMILES string of the molecule is CC(C)(C)c1ccc(C(=O)Nc2cc(N3CCCC3)c([N+](=O)[O-])cc2Cl)cc1. The van der Waals surface area contributed by atoms with Crippen molar-refractivity contribution in [3.8, 4) is 0 Å².